The SMILES string of the molecule is NS(=O)(=O)c1cc(C(=O)NCCc2ccc(F)cc2)cs1. The van der Waals surface area contributed by atoms with Crippen molar-refractivity contribution >= 4 is 27.3 Å². The first-order valence-corrected chi connectivity index (χ1v) is 8.43. The summed E-state index contributed by atoms with van der Waals surface area (Å²) in [6.45, 7) is 0.366. The van der Waals surface area contributed by atoms with E-state index in [1.807, 2.05) is 0 Å². The van der Waals surface area contributed by atoms with Crippen LogP contribution in [0.3, 0.4) is 0 Å². The number of primary sulfonamides is 1. The van der Waals surface area contributed by atoms with Crippen LogP contribution in [0.4, 0.5) is 4.39 Å². The van der Waals surface area contributed by atoms with Gasteiger partial charge in [0.05, 0.1) is 5.56 Å². The van der Waals surface area contributed by atoms with E-state index in [4.69, 9.17) is 5.14 Å². The van der Waals surface area contributed by atoms with Gasteiger partial charge in [-0.15, -0.1) is 11.3 Å². The number of halogens is 1. The van der Waals surface area contributed by atoms with Gasteiger partial charge in [-0.1, -0.05) is 12.1 Å². The smallest absolute Gasteiger partial charge is 0.252 e. The number of nitrogens with two attached hydrogens (primary N) is 1. The molecule has 2 aromatic rings. The first-order chi connectivity index (χ1) is 9.86. The molecular formula is C13H13FN2O3S2. The summed E-state index contributed by atoms with van der Waals surface area (Å²) >= 11 is 0.901. The molecular weight excluding hydrogens is 315 g/mol. The van der Waals surface area contributed by atoms with Crippen molar-refractivity contribution in [1.82, 2.24) is 5.32 Å². The van der Waals surface area contributed by atoms with Crippen molar-refractivity contribution in [3.05, 3.63) is 52.7 Å². The van der Waals surface area contributed by atoms with Crippen LogP contribution in [0.2, 0.25) is 0 Å². The Morgan fingerprint density at radius 3 is 2.52 bits per heavy atom. The number of hydrogen-bond acceptors (Lipinski definition) is 4. The molecule has 0 radical (unpaired) electrons. The van der Waals surface area contributed by atoms with E-state index in [1.54, 1.807) is 12.1 Å². The van der Waals surface area contributed by atoms with Gasteiger partial charge in [-0.25, -0.2) is 17.9 Å². The predicted octanol–water partition coefficient (Wildman–Crippen LogP) is 1.51. The van der Waals surface area contributed by atoms with E-state index < -0.39 is 10.0 Å². The molecule has 0 bridgehead atoms. The van der Waals surface area contributed by atoms with Gasteiger partial charge in [0.2, 0.25) is 10.0 Å². The van der Waals surface area contributed by atoms with Crippen LogP contribution in [-0.4, -0.2) is 20.9 Å². The fraction of sp³-hybridized carbons (Fsp3) is 0.154. The summed E-state index contributed by atoms with van der Waals surface area (Å²) < 4.78 is 34.9. The van der Waals surface area contributed by atoms with E-state index in [2.05, 4.69) is 5.32 Å². The lowest BCUT2D eigenvalue weighted by Crippen LogP contribution is -2.25. The summed E-state index contributed by atoms with van der Waals surface area (Å²) in [5, 5.41) is 9.08. The van der Waals surface area contributed by atoms with Crippen LogP contribution >= 0.6 is 11.3 Å². The molecule has 0 unspecified atom stereocenters. The fourth-order valence-corrected chi connectivity index (χ4v) is 3.24. The molecule has 0 spiro atoms. The Balaban J connectivity index is 1.90. The topological polar surface area (TPSA) is 89.3 Å². The standard InChI is InChI=1S/C13H13FN2O3S2/c14-11-3-1-9(2-4-11)5-6-16-13(17)10-7-12(20-8-10)21(15,18)19/h1-4,7-8H,5-6H2,(H,16,17)(H2,15,18,19). The van der Waals surface area contributed by atoms with Crippen molar-refractivity contribution in [3.63, 3.8) is 0 Å². The number of thiophene rings is 1. The van der Waals surface area contributed by atoms with E-state index >= 15 is 0 Å². The van der Waals surface area contributed by atoms with Crippen LogP contribution in [-0.2, 0) is 16.4 Å². The number of sulfonamides is 1. The molecule has 0 saturated carbocycles. The summed E-state index contributed by atoms with van der Waals surface area (Å²) in [7, 11) is -3.78. The lowest BCUT2D eigenvalue weighted by molar-refractivity contribution is 0.0954. The molecule has 3 N–H and O–H groups in total. The van der Waals surface area contributed by atoms with Gasteiger partial charge in [0.25, 0.3) is 5.91 Å². The van der Waals surface area contributed by atoms with Gasteiger partial charge >= 0.3 is 0 Å². The van der Waals surface area contributed by atoms with Gasteiger partial charge < -0.3 is 5.32 Å². The number of nitrogens with one attached hydrogen (secondary N) is 1. The molecule has 1 amide bonds. The van der Waals surface area contributed by atoms with Gasteiger partial charge in [-0.05, 0) is 30.2 Å². The molecule has 2 rings (SSSR count). The predicted molar refractivity (Wildman–Crippen MR) is 78.1 cm³/mol. The maximum Gasteiger partial charge on any atom is 0.252 e. The van der Waals surface area contributed by atoms with Crippen molar-refractivity contribution in [3.8, 4) is 0 Å². The van der Waals surface area contributed by atoms with Crippen LogP contribution in [0.25, 0.3) is 0 Å². The second kappa shape index (κ2) is 6.33. The van der Waals surface area contributed by atoms with Crippen LogP contribution < -0.4 is 10.5 Å². The van der Waals surface area contributed by atoms with E-state index in [-0.39, 0.29) is 21.5 Å². The fourth-order valence-electron chi connectivity index (χ4n) is 1.66. The molecule has 5 nitrogen and oxygen atoms in total. The van der Waals surface area contributed by atoms with Crippen LogP contribution in [0.15, 0.2) is 39.9 Å². The molecule has 0 atom stereocenters. The molecule has 0 fully saturated rings. The third kappa shape index (κ3) is 4.35. The van der Waals surface area contributed by atoms with Crippen molar-refractivity contribution < 1.29 is 17.6 Å². The minimum absolute atomic E-state index is 0.0498. The number of benzene rings is 1. The molecule has 0 saturated heterocycles. The van der Waals surface area contributed by atoms with Crippen LogP contribution in [0.1, 0.15) is 15.9 Å². The Hall–Kier alpha value is -1.77. The molecule has 0 aliphatic rings. The summed E-state index contributed by atoms with van der Waals surface area (Å²) in [4.78, 5) is 11.8. The minimum Gasteiger partial charge on any atom is -0.352 e. The Morgan fingerprint density at radius 1 is 1.29 bits per heavy atom. The highest BCUT2D eigenvalue weighted by atomic mass is 32.2. The first-order valence-electron chi connectivity index (χ1n) is 6.00. The maximum atomic E-state index is 12.7. The number of carbonyl (C=O) groups excluding carboxylic acids is 1. The van der Waals surface area contributed by atoms with Gasteiger partial charge in [-0.3, -0.25) is 4.79 Å². The first kappa shape index (κ1) is 15.6. The normalized spacial score (nSPS) is 11.3. The molecule has 21 heavy (non-hydrogen) atoms. The Morgan fingerprint density at radius 2 is 1.95 bits per heavy atom. The van der Waals surface area contributed by atoms with Crippen molar-refractivity contribution in [1.29, 1.82) is 0 Å². The minimum atomic E-state index is -3.78. The van der Waals surface area contributed by atoms with Gasteiger partial charge in [0.1, 0.15) is 10.0 Å². The molecule has 1 aromatic carbocycles. The average Bonchev–Trinajstić information content (AvgIpc) is 2.90. The summed E-state index contributed by atoms with van der Waals surface area (Å²) in [5.74, 6) is -0.681. The molecule has 1 heterocycles. The van der Waals surface area contributed by atoms with Crippen LogP contribution in [0.5, 0.6) is 0 Å². The lowest BCUT2D eigenvalue weighted by atomic mass is 10.1. The number of carbonyl (C=O) groups is 1. The summed E-state index contributed by atoms with van der Waals surface area (Å²) in [5.41, 5.74) is 1.15. The Bertz CT molecular complexity index is 739. The molecule has 1 aromatic heterocycles. The average molecular weight is 328 g/mol. The molecule has 112 valence electrons. The van der Waals surface area contributed by atoms with E-state index in [0.717, 1.165) is 16.9 Å². The van der Waals surface area contributed by atoms with E-state index in [9.17, 15) is 17.6 Å². The Kier molecular flexibility index (Phi) is 4.71. The Labute approximate surface area is 125 Å². The second-order valence-corrected chi connectivity index (χ2v) is 7.03. The molecule has 8 heteroatoms. The van der Waals surface area contributed by atoms with Gasteiger partial charge in [-0.2, -0.15) is 0 Å². The van der Waals surface area contributed by atoms with Gasteiger partial charge in [0, 0.05) is 11.9 Å². The monoisotopic (exact) mass is 328 g/mol. The number of rotatable bonds is 5. The largest absolute Gasteiger partial charge is 0.352 e. The van der Waals surface area contributed by atoms with E-state index in [1.165, 1.54) is 23.6 Å². The van der Waals surface area contributed by atoms with E-state index in [0.29, 0.717) is 13.0 Å². The zero-order valence-electron chi connectivity index (χ0n) is 10.9. The van der Waals surface area contributed by atoms with Crippen molar-refractivity contribution in [2.24, 2.45) is 5.14 Å². The number of amides is 1. The van der Waals surface area contributed by atoms with Crippen molar-refractivity contribution in [2.45, 2.75) is 10.6 Å². The molecule has 0 aliphatic carbocycles. The summed E-state index contributed by atoms with van der Waals surface area (Å²) in [6, 6.07) is 7.24. The number of hydrogen-bond donors (Lipinski definition) is 2. The highest BCUT2D eigenvalue weighted by molar-refractivity contribution is 7.91. The lowest BCUT2D eigenvalue weighted by Gasteiger charge is -2.04. The zero-order valence-corrected chi connectivity index (χ0v) is 12.5. The second-order valence-electron chi connectivity index (χ2n) is 4.33. The quantitative estimate of drug-likeness (QED) is 0.872. The van der Waals surface area contributed by atoms with Gasteiger partial charge in [0.15, 0.2) is 0 Å². The third-order valence-corrected chi connectivity index (χ3v) is 5.12. The highest BCUT2D eigenvalue weighted by Crippen LogP contribution is 2.18. The van der Waals surface area contributed by atoms with Crippen LogP contribution in [0, 0.1) is 5.82 Å². The van der Waals surface area contributed by atoms with Crippen molar-refractivity contribution in [2.75, 3.05) is 6.54 Å². The third-order valence-electron chi connectivity index (χ3n) is 2.73. The highest BCUT2D eigenvalue weighted by Gasteiger charge is 2.14. The molecule has 0 aliphatic heterocycles. The zero-order chi connectivity index (χ0) is 15.5. The maximum absolute atomic E-state index is 12.7. The summed E-state index contributed by atoms with van der Waals surface area (Å²) in [6.07, 6.45) is 0.554.